The van der Waals surface area contributed by atoms with Gasteiger partial charge >= 0.3 is 6.85 Å². The minimum absolute atomic E-state index is 0.00397. The summed E-state index contributed by atoms with van der Waals surface area (Å²) >= 11 is 0. The average Bonchev–Trinajstić information content (AvgIpc) is 3.90. The van der Waals surface area contributed by atoms with Crippen LogP contribution in [0.5, 0.6) is 0 Å². The summed E-state index contributed by atoms with van der Waals surface area (Å²) in [5.41, 5.74) is 18.4. The highest BCUT2D eigenvalue weighted by Crippen LogP contribution is 2.54. The molecule has 3 aliphatic rings. The van der Waals surface area contributed by atoms with Crippen molar-refractivity contribution in [2.75, 3.05) is 0 Å². The average molecular weight is 722 g/mol. The molecule has 0 spiro atoms. The SMILES string of the molecule is CC1(C)c2cccc3c2-n2c4c1c1ccccc1cc4c1c(-n4c5ccccc5c5ccccc54)cc4c(c12)B3n1c2ccc3ccccc3c2c2cccc-4c21. The smallest absolute Gasteiger partial charge is 0.333 e. The molecular formula is C53H32BN3. The molecule has 262 valence electrons. The molecule has 0 saturated carbocycles. The Kier molecular flexibility index (Phi) is 4.87. The first kappa shape index (κ1) is 29.3. The second-order valence-electron chi connectivity index (χ2n) is 17.2. The lowest BCUT2D eigenvalue weighted by atomic mass is 9.45. The zero-order valence-corrected chi connectivity index (χ0v) is 31.4. The van der Waals surface area contributed by atoms with Crippen molar-refractivity contribution < 1.29 is 0 Å². The van der Waals surface area contributed by atoms with Gasteiger partial charge in [-0.2, -0.15) is 0 Å². The molecular weight excluding hydrogens is 689 g/mol. The van der Waals surface area contributed by atoms with Gasteiger partial charge < -0.3 is 13.6 Å². The number of benzene rings is 9. The third kappa shape index (κ3) is 3.12. The van der Waals surface area contributed by atoms with Crippen LogP contribution >= 0.6 is 0 Å². The number of hydrogen-bond acceptors (Lipinski definition) is 0. The molecule has 3 aromatic heterocycles. The van der Waals surface area contributed by atoms with Crippen LogP contribution in [0, 0.1) is 0 Å². The fraction of sp³-hybridized carbons (Fsp3) is 0.0566. The molecule has 6 heterocycles. The van der Waals surface area contributed by atoms with Gasteiger partial charge in [0.15, 0.2) is 0 Å². The number of fused-ring (bicyclic) bond motifs is 14. The van der Waals surface area contributed by atoms with Crippen LogP contribution in [0.4, 0.5) is 0 Å². The van der Waals surface area contributed by atoms with Crippen molar-refractivity contribution >= 4 is 105 Å². The Morgan fingerprint density at radius 3 is 1.95 bits per heavy atom. The Labute approximate surface area is 327 Å². The lowest BCUT2D eigenvalue weighted by Crippen LogP contribution is -2.56. The number of hydrogen-bond donors (Lipinski definition) is 0. The normalized spacial score (nSPS) is 14.6. The summed E-state index contributed by atoms with van der Waals surface area (Å²) in [6.07, 6.45) is 0. The molecule has 12 aromatic rings. The maximum atomic E-state index is 2.73. The summed E-state index contributed by atoms with van der Waals surface area (Å²) in [6, 6.07) is 60.0. The molecule has 15 rings (SSSR count). The van der Waals surface area contributed by atoms with Crippen LogP contribution in [0.1, 0.15) is 25.0 Å². The topological polar surface area (TPSA) is 14.8 Å². The monoisotopic (exact) mass is 721 g/mol. The number of nitrogens with zero attached hydrogens (tertiary/aromatic N) is 3. The van der Waals surface area contributed by atoms with Gasteiger partial charge in [-0.1, -0.05) is 141 Å². The van der Waals surface area contributed by atoms with Crippen LogP contribution in [-0.2, 0) is 5.41 Å². The zero-order chi connectivity index (χ0) is 37.1. The standard InChI is InChI=1S/C53H32BN3/c1-53(2)39-21-12-22-40-51(39)56-50-38(27-30-14-4-6-16-32(30)47(50)53)46-44(55-41-23-9-7-17-33(41)34-18-8-10-24-42(34)55)28-37-35-19-11-20-36-45-31-15-5-3-13-29(31)25-26-43(45)57(49(35)36)54(40)48(37)52(46)56/h3-28H,1-2H3. The summed E-state index contributed by atoms with van der Waals surface area (Å²) in [6.45, 7) is 4.93. The van der Waals surface area contributed by atoms with Gasteiger partial charge in [0.2, 0.25) is 0 Å². The van der Waals surface area contributed by atoms with E-state index in [0.717, 1.165) is 0 Å². The van der Waals surface area contributed by atoms with Crippen LogP contribution < -0.4 is 10.9 Å². The van der Waals surface area contributed by atoms with Gasteiger partial charge in [0, 0.05) is 60.0 Å². The number of aromatic nitrogens is 3. The van der Waals surface area contributed by atoms with E-state index in [-0.39, 0.29) is 12.3 Å². The van der Waals surface area contributed by atoms with Gasteiger partial charge in [-0.05, 0) is 79.5 Å². The third-order valence-electron chi connectivity index (χ3n) is 14.3. The van der Waals surface area contributed by atoms with Crippen LogP contribution in [0.25, 0.3) is 109 Å². The molecule has 9 aromatic carbocycles. The van der Waals surface area contributed by atoms with Crippen molar-refractivity contribution in [1.82, 2.24) is 13.6 Å². The Morgan fingerprint density at radius 1 is 0.456 bits per heavy atom. The molecule has 0 N–H and O–H groups in total. The van der Waals surface area contributed by atoms with E-state index in [1.807, 2.05) is 0 Å². The molecule has 3 nitrogen and oxygen atoms in total. The summed E-state index contributed by atoms with van der Waals surface area (Å²) in [7, 11) is 0. The summed E-state index contributed by atoms with van der Waals surface area (Å²) < 4.78 is 8.03. The van der Waals surface area contributed by atoms with Crippen molar-refractivity contribution in [2.45, 2.75) is 19.3 Å². The van der Waals surface area contributed by atoms with Gasteiger partial charge in [-0.15, -0.1) is 0 Å². The highest BCUT2D eigenvalue weighted by Gasteiger charge is 2.47. The van der Waals surface area contributed by atoms with Crippen molar-refractivity contribution in [3.8, 4) is 22.5 Å². The van der Waals surface area contributed by atoms with E-state index in [2.05, 4.69) is 185 Å². The first-order valence-electron chi connectivity index (χ1n) is 20.2. The molecule has 0 unspecified atom stereocenters. The Balaban J connectivity index is 1.26. The van der Waals surface area contributed by atoms with Gasteiger partial charge in [0.05, 0.1) is 27.8 Å². The molecule has 3 aliphatic heterocycles. The second kappa shape index (κ2) is 9.49. The first-order chi connectivity index (χ1) is 28.1. The molecule has 0 aliphatic carbocycles. The van der Waals surface area contributed by atoms with Crippen LogP contribution in [0.15, 0.2) is 158 Å². The van der Waals surface area contributed by atoms with Crippen molar-refractivity contribution in [2.24, 2.45) is 0 Å². The minimum Gasteiger partial charge on any atom is -0.375 e. The lowest BCUT2D eigenvalue weighted by molar-refractivity contribution is 0.637. The van der Waals surface area contributed by atoms with E-state index >= 15 is 0 Å². The Bertz CT molecular complexity index is 3850. The second-order valence-corrected chi connectivity index (χ2v) is 17.2. The van der Waals surface area contributed by atoms with E-state index in [0.29, 0.717) is 0 Å². The summed E-state index contributed by atoms with van der Waals surface area (Å²) in [5, 5.41) is 13.1. The van der Waals surface area contributed by atoms with Crippen LogP contribution in [0.3, 0.4) is 0 Å². The van der Waals surface area contributed by atoms with Gasteiger partial charge in [-0.25, -0.2) is 0 Å². The molecule has 0 saturated heterocycles. The summed E-state index contributed by atoms with van der Waals surface area (Å²) in [5.74, 6) is 0. The Morgan fingerprint density at radius 2 is 1.14 bits per heavy atom. The first-order valence-corrected chi connectivity index (χ1v) is 20.2. The molecule has 0 bridgehead atoms. The van der Waals surface area contributed by atoms with Gasteiger partial charge in [0.1, 0.15) is 0 Å². The van der Waals surface area contributed by atoms with Crippen molar-refractivity contribution in [3.05, 3.63) is 169 Å². The fourth-order valence-electron chi connectivity index (χ4n) is 12.2. The maximum Gasteiger partial charge on any atom is 0.333 e. The van der Waals surface area contributed by atoms with E-state index < -0.39 is 0 Å². The highest BCUT2D eigenvalue weighted by atomic mass is 15.1. The van der Waals surface area contributed by atoms with Gasteiger partial charge in [0.25, 0.3) is 0 Å². The zero-order valence-electron chi connectivity index (χ0n) is 31.4. The summed E-state index contributed by atoms with van der Waals surface area (Å²) in [4.78, 5) is 0. The predicted octanol–water partition coefficient (Wildman–Crippen LogP) is 11.9. The van der Waals surface area contributed by atoms with E-state index in [4.69, 9.17) is 0 Å². The van der Waals surface area contributed by atoms with Gasteiger partial charge in [-0.3, -0.25) is 0 Å². The quantitative estimate of drug-likeness (QED) is 0.150. The number of rotatable bonds is 1. The van der Waals surface area contributed by atoms with Crippen molar-refractivity contribution in [3.63, 3.8) is 0 Å². The minimum atomic E-state index is -0.237. The van der Waals surface area contributed by atoms with Crippen LogP contribution in [0.2, 0.25) is 0 Å². The Hall–Kier alpha value is -7.04. The van der Waals surface area contributed by atoms with E-state index in [1.54, 1.807) is 0 Å². The molecule has 57 heavy (non-hydrogen) atoms. The fourth-order valence-corrected chi connectivity index (χ4v) is 12.2. The molecule has 0 fully saturated rings. The molecule has 4 heteroatoms. The predicted molar refractivity (Wildman–Crippen MR) is 241 cm³/mol. The van der Waals surface area contributed by atoms with E-state index in [9.17, 15) is 0 Å². The molecule has 0 atom stereocenters. The highest BCUT2D eigenvalue weighted by molar-refractivity contribution is 6.90. The van der Waals surface area contributed by atoms with Crippen LogP contribution in [-0.4, -0.2) is 20.5 Å². The van der Waals surface area contributed by atoms with Crippen molar-refractivity contribution in [1.29, 1.82) is 0 Å². The third-order valence-corrected chi connectivity index (χ3v) is 14.3. The molecule has 0 amide bonds. The van der Waals surface area contributed by atoms with E-state index in [1.165, 1.54) is 132 Å². The molecule has 0 radical (unpaired) electrons. The largest absolute Gasteiger partial charge is 0.375 e. The maximum absolute atomic E-state index is 2.73. The number of para-hydroxylation sites is 4. The lowest BCUT2D eigenvalue weighted by Gasteiger charge is -2.41.